The van der Waals surface area contributed by atoms with E-state index in [0.29, 0.717) is 12.8 Å². The summed E-state index contributed by atoms with van der Waals surface area (Å²) in [6, 6.07) is -0.0212. The summed E-state index contributed by atoms with van der Waals surface area (Å²) in [5, 5.41) is 6.43. The molecule has 2 spiro atoms. The van der Waals surface area contributed by atoms with Crippen LogP contribution in [0.4, 0.5) is 8.78 Å². The molecule has 21 heavy (non-hydrogen) atoms. The van der Waals surface area contributed by atoms with E-state index >= 15 is 0 Å². The summed E-state index contributed by atoms with van der Waals surface area (Å²) < 4.78 is 26.4. The minimum Gasteiger partial charge on any atom is -0.353 e. The molecule has 4 fully saturated rings. The lowest BCUT2D eigenvalue weighted by atomic mass is 9.67. The molecule has 0 aromatic heterocycles. The van der Waals surface area contributed by atoms with E-state index in [1.54, 1.807) is 0 Å². The Morgan fingerprint density at radius 2 is 1.81 bits per heavy atom. The van der Waals surface area contributed by atoms with Crippen molar-refractivity contribution in [2.45, 2.75) is 63.3 Å². The van der Waals surface area contributed by atoms with Gasteiger partial charge < -0.3 is 10.6 Å². The van der Waals surface area contributed by atoms with E-state index in [0.717, 1.165) is 25.9 Å². The Labute approximate surface area is 124 Å². The SMILES string of the molecule is O=C(NC1CC2(C1)CC2(F)F)C1CNCC12CCCCC2. The number of amides is 1. The second-order valence-corrected chi connectivity index (χ2v) is 7.88. The van der Waals surface area contributed by atoms with Gasteiger partial charge in [-0.05, 0) is 31.1 Å². The largest absolute Gasteiger partial charge is 0.353 e. The first-order valence-electron chi connectivity index (χ1n) is 8.35. The van der Waals surface area contributed by atoms with E-state index in [-0.39, 0.29) is 29.7 Å². The number of hydrogen-bond donors (Lipinski definition) is 2. The van der Waals surface area contributed by atoms with Gasteiger partial charge in [-0.25, -0.2) is 8.78 Å². The molecule has 1 unspecified atom stereocenters. The molecule has 0 bridgehead atoms. The maximum atomic E-state index is 13.2. The third-order valence-corrected chi connectivity index (χ3v) is 6.56. The number of halogens is 2. The van der Waals surface area contributed by atoms with Crippen molar-refractivity contribution in [2.75, 3.05) is 13.1 Å². The number of rotatable bonds is 2. The summed E-state index contributed by atoms with van der Waals surface area (Å²) in [5.74, 6) is -2.33. The first-order valence-corrected chi connectivity index (χ1v) is 8.35. The predicted molar refractivity (Wildman–Crippen MR) is 75.0 cm³/mol. The lowest BCUT2D eigenvalue weighted by Gasteiger charge is -2.40. The fourth-order valence-electron chi connectivity index (χ4n) is 5.07. The Balaban J connectivity index is 1.35. The maximum Gasteiger partial charge on any atom is 0.254 e. The highest BCUT2D eigenvalue weighted by Gasteiger charge is 2.75. The first kappa shape index (κ1) is 13.9. The molecule has 1 saturated heterocycles. The van der Waals surface area contributed by atoms with Crippen LogP contribution in [-0.2, 0) is 4.79 Å². The van der Waals surface area contributed by atoms with Gasteiger partial charge >= 0.3 is 0 Å². The highest BCUT2D eigenvalue weighted by Crippen LogP contribution is 2.71. The molecule has 4 aliphatic rings. The van der Waals surface area contributed by atoms with E-state index in [2.05, 4.69) is 10.6 Å². The maximum absolute atomic E-state index is 13.2. The lowest BCUT2D eigenvalue weighted by molar-refractivity contribution is -0.130. The van der Waals surface area contributed by atoms with Gasteiger partial charge in [0, 0.05) is 31.0 Å². The van der Waals surface area contributed by atoms with E-state index in [4.69, 9.17) is 0 Å². The first-order chi connectivity index (χ1) is 9.97. The molecule has 3 saturated carbocycles. The van der Waals surface area contributed by atoms with Crippen molar-refractivity contribution < 1.29 is 13.6 Å². The summed E-state index contributed by atoms with van der Waals surface area (Å²) in [6.45, 7) is 1.69. The standard InChI is InChI=1S/C16H24F2N2O/c17-16(18)9-15(16)6-11(7-15)20-13(21)12-8-19-10-14(12)4-2-1-3-5-14/h11-12,19H,1-10H2,(H,20,21). The van der Waals surface area contributed by atoms with Crippen LogP contribution < -0.4 is 10.6 Å². The van der Waals surface area contributed by atoms with Gasteiger partial charge in [0.2, 0.25) is 5.91 Å². The van der Waals surface area contributed by atoms with Gasteiger partial charge in [-0.1, -0.05) is 19.3 Å². The van der Waals surface area contributed by atoms with Gasteiger partial charge in [-0.2, -0.15) is 0 Å². The van der Waals surface area contributed by atoms with E-state index in [1.165, 1.54) is 19.3 Å². The fourth-order valence-corrected chi connectivity index (χ4v) is 5.07. The van der Waals surface area contributed by atoms with Crippen LogP contribution in [0.1, 0.15) is 51.4 Å². The molecule has 2 N–H and O–H groups in total. The molecule has 3 aliphatic carbocycles. The Hall–Kier alpha value is -0.710. The van der Waals surface area contributed by atoms with E-state index in [1.807, 2.05) is 0 Å². The zero-order chi connectivity index (χ0) is 14.7. The van der Waals surface area contributed by atoms with Crippen LogP contribution >= 0.6 is 0 Å². The van der Waals surface area contributed by atoms with Gasteiger partial charge in [0.15, 0.2) is 0 Å². The van der Waals surface area contributed by atoms with Gasteiger partial charge in [0.1, 0.15) is 0 Å². The van der Waals surface area contributed by atoms with Crippen LogP contribution in [-0.4, -0.2) is 31.0 Å². The normalized spacial score (nSPS) is 42.8. The molecule has 5 heteroatoms. The summed E-state index contributed by atoms with van der Waals surface area (Å²) >= 11 is 0. The Bertz CT molecular complexity index is 453. The second-order valence-electron chi connectivity index (χ2n) is 7.88. The van der Waals surface area contributed by atoms with Crippen molar-refractivity contribution in [2.24, 2.45) is 16.7 Å². The number of carbonyl (C=O) groups is 1. The monoisotopic (exact) mass is 298 g/mol. The average Bonchev–Trinajstić information content (AvgIpc) is 2.78. The second kappa shape index (κ2) is 4.40. The molecular weight excluding hydrogens is 274 g/mol. The van der Waals surface area contributed by atoms with Gasteiger partial charge in [-0.3, -0.25) is 4.79 Å². The molecule has 1 heterocycles. The van der Waals surface area contributed by atoms with Crippen molar-refractivity contribution in [3.05, 3.63) is 0 Å². The smallest absolute Gasteiger partial charge is 0.254 e. The highest BCUT2D eigenvalue weighted by atomic mass is 19.3. The number of nitrogens with one attached hydrogen (secondary N) is 2. The van der Waals surface area contributed by atoms with Gasteiger partial charge in [0.25, 0.3) is 5.92 Å². The Morgan fingerprint density at radius 1 is 1.14 bits per heavy atom. The molecule has 0 aromatic carbocycles. The van der Waals surface area contributed by atoms with Crippen molar-refractivity contribution in [1.29, 1.82) is 0 Å². The molecule has 0 aromatic rings. The molecule has 118 valence electrons. The van der Waals surface area contributed by atoms with Crippen LogP contribution in [0.5, 0.6) is 0 Å². The minimum atomic E-state index is -2.46. The number of hydrogen-bond acceptors (Lipinski definition) is 2. The molecule has 4 rings (SSSR count). The average molecular weight is 298 g/mol. The topological polar surface area (TPSA) is 41.1 Å². The van der Waals surface area contributed by atoms with Gasteiger partial charge in [0.05, 0.1) is 5.92 Å². The number of alkyl halides is 2. The van der Waals surface area contributed by atoms with Crippen LogP contribution in [0.3, 0.4) is 0 Å². The van der Waals surface area contributed by atoms with Crippen LogP contribution in [0.15, 0.2) is 0 Å². The third-order valence-electron chi connectivity index (χ3n) is 6.56. The van der Waals surface area contributed by atoms with Crippen LogP contribution in [0, 0.1) is 16.7 Å². The van der Waals surface area contributed by atoms with Crippen molar-refractivity contribution in [3.8, 4) is 0 Å². The number of carbonyl (C=O) groups excluding carboxylic acids is 1. The molecule has 1 atom stereocenters. The summed E-state index contributed by atoms with van der Waals surface area (Å²) in [5.41, 5.74) is -0.616. The van der Waals surface area contributed by atoms with Gasteiger partial charge in [-0.15, -0.1) is 0 Å². The van der Waals surface area contributed by atoms with Crippen molar-refractivity contribution in [1.82, 2.24) is 10.6 Å². The minimum absolute atomic E-state index is 0.0212. The van der Waals surface area contributed by atoms with Crippen LogP contribution in [0.25, 0.3) is 0 Å². The lowest BCUT2D eigenvalue weighted by Crippen LogP contribution is -2.51. The molecule has 0 radical (unpaired) electrons. The summed E-state index contributed by atoms with van der Waals surface area (Å²) in [7, 11) is 0. The predicted octanol–water partition coefficient (Wildman–Crippen LogP) is 2.46. The zero-order valence-corrected chi connectivity index (χ0v) is 12.4. The summed E-state index contributed by atoms with van der Waals surface area (Å²) in [4.78, 5) is 12.6. The van der Waals surface area contributed by atoms with Crippen molar-refractivity contribution in [3.63, 3.8) is 0 Å². The quantitative estimate of drug-likeness (QED) is 0.822. The Morgan fingerprint density at radius 3 is 2.43 bits per heavy atom. The zero-order valence-electron chi connectivity index (χ0n) is 12.4. The molecule has 1 aliphatic heterocycles. The highest BCUT2D eigenvalue weighted by molar-refractivity contribution is 5.80. The Kier molecular flexibility index (Phi) is 2.92. The third kappa shape index (κ3) is 2.03. The van der Waals surface area contributed by atoms with Crippen LogP contribution in [0.2, 0.25) is 0 Å². The van der Waals surface area contributed by atoms with E-state index in [9.17, 15) is 13.6 Å². The molecule has 3 nitrogen and oxygen atoms in total. The fraction of sp³-hybridized carbons (Fsp3) is 0.938. The van der Waals surface area contributed by atoms with Crippen molar-refractivity contribution >= 4 is 5.91 Å². The molecule has 1 amide bonds. The molecular formula is C16H24F2N2O. The summed E-state index contributed by atoms with van der Waals surface area (Å²) in [6.07, 6.45) is 6.93. The van der Waals surface area contributed by atoms with E-state index < -0.39 is 11.3 Å².